The summed E-state index contributed by atoms with van der Waals surface area (Å²) in [5.41, 5.74) is 1.20. The van der Waals surface area contributed by atoms with Crippen molar-refractivity contribution in [2.75, 3.05) is 17.6 Å². The predicted molar refractivity (Wildman–Crippen MR) is 106 cm³/mol. The van der Waals surface area contributed by atoms with E-state index in [1.165, 1.54) is 23.1 Å². The number of benzene rings is 2. The summed E-state index contributed by atoms with van der Waals surface area (Å²) in [6, 6.07) is 12.9. The lowest BCUT2D eigenvalue weighted by atomic mass is 10.2. The van der Waals surface area contributed by atoms with E-state index in [0.29, 0.717) is 16.6 Å². The van der Waals surface area contributed by atoms with Crippen LogP contribution in [0.4, 0.5) is 5.69 Å². The number of hydrogen-bond donors (Lipinski definition) is 0. The second kappa shape index (κ2) is 8.29. The van der Waals surface area contributed by atoms with Gasteiger partial charge in [-0.25, -0.2) is 8.42 Å². The summed E-state index contributed by atoms with van der Waals surface area (Å²) >= 11 is 12.0. The number of likely N-dealkylation sites (N-methyl/N-ethyl adjacent to an activating group) is 1. The van der Waals surface area contributed by atoms with Gasteiger partial charge in [-0.15, -0.1) is 0 Å². The van der Waals surface area contributed by atoms with Crippen LogP contribution in [0.15, 0.2) is 48.5 Å². The predicted octanol–water partition coefficient (Wildman–Crippen LogP) is 3.81. The minimum atomic E-state index is -3.73. The Morgan fingerprint density at radius 1 is 1.08 bits per heavy atom. The summed E-state index contributed by atoms with van der Waals surface area (Å²) in [5, 5.41) is 0.580. The largest absolute Gasteiger partial charge is 0.340 e. The summed E-state index contributed by atoms with van der Waals surface area (Å²) in [4.78, 5) is 14.3. The highest BCUT2D eigenvalue weighted by atomic mass is 35.5. The van der Waals surface area contributed by atoms with E-state index in [0.717, 1.165) is 16.1 Å². The van der Waals surface area contributed by atoms with Gasteiger partial charge in [-0.05, 0) is 30.7 Å². The molecule has 0 aliphatic heterocycles. The van der Waals surface area contributed by atoms with E-state index in [4.69, 9.17) is 23.2 Å². The lowest BCUT2D eigenvalue weighted by Gasteiger charge is -2.31. The molecule has 0 aromatic heterocycles. The second-order valence-corrected chi connectivity index (χ2v) is 8.77. The molecule has 1 amide bonds. The highest BCUT2D eigenvalue weighted by molar-refractivity contribution is 7.92. The summed E-state index contributed by atoms with van der Waals surface area (Å²) in [7, 11) is -2.10. The van der Waals surface area contributed by atoms with Crippen LogP contribution in [0.3, 0.4) is 0 Å². The highest BCUT2D eigenvalue weighted by Crippen LogP contribution is 2.29. The molecule has 140 valence electrons. The van der Waals surface area contributed by atoms with Crippen molar-refractivity contribution < 1.29 is 13.2 Å². The molecule has 0 fully saturated rings. The number of amides is 1. The molecule has 0 radical (unpaired) electrons. The molecule has 0 spiro atoms. The lowest BCUT2D eigenvalue weighted by molar-refractivity contribution is -0.131. The van der Waals surface area contributed by atoms with Gasteiger partial charge in [-0.2, -0.15) is 0 Å². The van der Waals surface area contributed by atoms with Crippen LogP contribution >= 0.6 is 23.2 Å². The first-order chi connectivity index (χ1) is 12.1. The van der Waals surface area contributed by atoms with Gasteiger partial charge < -0.3 is 4.90 Å². The van der Waals surface area contributed by atoms with E-state index in [1.807, 2.05) is 30.3 Å². The van der Waals surface area contributed by atoms with Gasteiger partial charge >= 0.3 is 0 Å². The Morgan fingerprint density at radius 3 is 2.12 bits per heavy atom. The van der Waals surface area contributed by atoms with E-state index in [-0.39, 0.29) is 11.6 Å². The number of sulfonamides is 1. The zero-order chi connectivity index (χ0) is 19.5. The van der Waals surface area contributed by atoms with E-state index in [1.54, 1.807) is 14.0 Å². The van der Waals surface area contributed by atoms with Gasteiger partial charge in [-0.3, -0.25) is 9.10 Å². The number of rotatable bonds is 6. The number of anilines is 1. The van der Waals surface area contributed by atoms with Crippen molar-refractivity contribution in [3.63, 3.8) is 0 Å². The summed E-state index contributed by atoms with van der Waals surface area (Å²) in [5.74, 6) is -0.338. The van der Waals surface area contributed by atoms with Gasteiger partial charge in [0.1, 0.15) is 6.04 Å². The van der Waals surface area contributed by atoms with Gasteiger partial charge in [0, 0.05) is 23.6 Å². The summed E-state index contributed by atoms with van der Waals surface area (Å²) in [6.45, 7) is 1.91. The van der Waals surface area contributed by atoms with Crippen molar-refractivity contribution in [2.45, 2.75) is 19.5 Å². The first kappa shape index (κ1) is 20.6. The molecule has 0 unspecified atom stereocenters. The number of nitrogens with zero attached hydrogens (tertiary/aromatic N) is 2. The molecule has 26 heavy (non-hydrogen) atoms. The van der Waals surface area contributed by atoms with Crippen molar-refractivity contribution in [3.05, 3.63) is 64.1 Å². The fraction of sp³-hybridized carbons (Fsp3) is 0.278. The molecule has 0 bridgehead atoms. The number of halogens is 2. The summed E-state index contributed by atoms with van der Waals surface area (Å²) < 4.78 is 25.7. The topological polar surface area (TPSA) is 57.7 Å². The van der Waals surface area contributed by atoms with Crippen LogP contribution in [-0.2, 0) is 21.4 Å². The van der Waals surface area contributed by atoms with E-state index < -0.39 is 16.1 Å². The van der Waals surface area contributed by atoms with Gasteiger partial charge in [0.15, 0.2) is 0 Å². The van der Waals surface area contributed by atoms with Gasteiger partial charge in [0.2, 0.25) is 15.9 Å². The van der Waals surface area contributed by atoms with Crippen LogP contribution in [0.2, 0.25) is 10.0 Å². The van der Waals surface area contributed by atoms with Crippen LogP contribution in [0.1, 0.15) is 12.5 Å². The number of hydrogen-bond acceptors (Lipinski definition) is 3. The van der Waals surface area contributed by atoms with E-state index in [9.17, 15) is 13.2 Å². The zero-order valence-corrected chi connectivity index (χ0v) is 17.0. The van der Waals surface area contributed by atoms with Gasteiger partial charge in [0.05, 0.1) is 11.9 Å². The third kappa shape index (κ3) is 5.13. The average Bonchev–Trinajstić information content (AvgIpc) is 2.52. The molecule has 0 aliphatic rings. The molecule has 0 saturated heterocycles. The fourth-order valence-corrected chi connectivity index (χ4v) is 4.39. The first-order valence-corrected chi connectivity index (χ1v) is 10.4. The highest BCUT2D eigenvalue weighted by Gasteiger charge is 2.31. The normalized spacial score (nSPS) is 12.5. The van der Waals surface area contributed by atoms with Crippen LogP contribution in [0.25, 0.3) is 0 Å². The molecule has 2 rings (SSSR count). The van der Waals surface area contributed by atoms with Crippen LogP contribution < -0.4 is 4.31 Å². The quantitative estimate of drug-likeness (QED) is 0.721. The maximum atomic E-state index is 12.8. The van der Waals surface area contributed by atoms with Crippen molar-refractivity contribution in [1.29, 1.82) is 0 Å². The van der Waals surface area contributed by atoms with Crippen molar-refractivity contribution >= 4 is 44.8 Å². The average molecular weight is 415 g/mol. The van der Waals surface area contributed by atoms with Crippen LogP contribution in [0.5, 0.6) is 0 Å². The molecule has 0 heterocycles. The van der Waals surface area contributed by atoms with Crippen molar-refractivity contribution in [1.82, 2.24) is 4.90 Å². The molecule has 1 atom stereocenters. The Kier molecular flexibility index (Phi) is 6.55. The standard InChI is InChI=1S/C18H20Cl2N2O3S/c1-13(18(23)21(2)12-14-7-5-4-6-8-14)22(26(3,24)25)17-10-15(19)9-16(20)11-17/h4-11,13H,12H2,1-3H3/t13-/m0/s1. The molecule has 2 aromatic rings. The smallest absolute Gasteiger partial charge is 0.246 e. The molecule has 5 nitrogen and oxygen atoms in total. The Labute approximate surface area is 164 Å². The molecular weight excluding hydrogens is 395 g/mol. The molecular formula is C18H20Cl2N2O3S. The van der Waals surface area contributed by atoms with Gasteiger partial charge in [-0.1, -0.05) is 53.5 Å². The minimum Gasteiger partial charge on any atom is -0.340 e. The molecule has 2 aromatic carbocycles. The number of carbonyl (C=O) groups is 1. The van der Waals surface area contributed by atoms with Crippen LogP contribution in [-0.4, -0.2) is 38.6 Å². The second-order valence-electron chi connectivity index (χ2n) is 6.04. The third-order valence-electron chi connectivity index (χ3n) is 3.81. The lowest BCUT2D eigenvalue weighted by Crippen LogP contribution is -2.48. The van der Waals surface area contributed by atoms with Crippen molar-refractivity contribution in [3.8, 4) is 0 Å². The maximum Gasteiger partial charge on any atom is 0.246 e. The number of carbonyl (C=O) groups excluding carboxylic acids is 1. The van der Waals surface area contributed by atoms with E-state index >= 15 is 0 Å². The molecule has 8 heteroatoms. The molecule has 0 aliphatic carbocycles. The summed E-state index contributed by atoms with van der Waals surface area (Å²) in [6.07, 6.45) is 1.04. The first-order valence-electron chi connectivity index (χ1n) is 7.84. The Hall–Kier alpha value is -1.76. The molecule has 0 saturated carbocycles. The third-order valence-corrected chi connectivity index (χ3v) is 5.49. The van der Waals surface area contributed by atoms with E-state index in [2.05, 4.69) is 0 Å². The zero-order valence-electron chi connectivity index (χ0n) is 14.7. The van der Waals surface area contributed by atoms with Crippen LogP contribution in [0, 0.1) is 0 Å². The minimum absolute atomic E-state index is 0.249. The Bertz CT molecular complexity index is 868. The van der Waals surface area contributed by atoms with Gasteiger partial charge in [0.25, 0.3) is 0 Å². The molecule has 0 N–H and O–H groups in total. The Morgan fingerprint density at radius 2 is 1.62 bits per heavy atom. The SMILES string of the molecule is C[C@@H](C(=O)N(C)Cc1ccccc1)N(c1cc(Cl)cc(Cl)c1)S(C)(=O)=O. The monoisotopic (exact) mass is 414 g/mol. The van der Waals surface area contributed by atoms with Crippen molar-refractivity contribution in [2.24, 2.45) is 0 Å². The maximum absolute atomic E-state index is 12.8. The fourth-order valence-electron chi connectivity index (χ4n) is 2.72. The Balaban J connectivity index is 2.31.